The molecule has 0 spiro atoms. The van der Waals surface area contributed by atoms with Crippen molar-refractivity contribution in [2.24, 2.45) is 5.10 Å². The Morgan fingerprint density at radius 2 is 1.76 bits per heavy atom. The highest BCUT2D eigenvalue weighted by atomic mass is 79.9. The summed E-state index contributed by atoms with van der Waals surface area (Å²) in [5, 5.41) is 6.40. The van der Waals surface area contributed by atoms with Crippen molar-refractivity contribution in [2.75, 3.05) is 7.11 Å². The molecule has 1 amide bonds. The molecule has 0 atom stereocenters. The van der Waals surface area contributed by atoms with Crippen LogP contribution in [-0.4, -0.2) is 19.2 Å². The normalized spacial score (nSPS) is 11.0. The molecule has 0 radical (unpaired) electrons. The van der Waals surface area contributed by atoms with Gasteiger partial charge in [-0.1, -0.05) is 72.8 Å². The predicted molar refractivity (Wildman–Crippen MR) is 135 cm³/mol. The fourth-order valence-corrected chi connectivity index (χ4v) is 4.10. The van der Waals surface area contributed by atoms with Crippen molar-refractivity contribution in [3.63, 3.8) is 0 Å². The fourth-order valence-electron chi connectivity index (χ4n) is 3.52. The van der Waals surface area contributed by atoms with Gasteiger partial charge in [0.05, 0.1) is 24.2 Å². The third kappa shape index (κ3) is 5.79. The molecule has 33 heavy (non-hydrogen) atoms. The second kappa shape index (κ2) is 10.8. The minimum Gasteiger partial charge on any atom is -0.493 e. The molecule has 0 aliphatic rings. The smallest absolute Gasteiger partial charge is 0.244 e. The van der Waals surface area contributed by atoms with E-state index in [1.807, 2.05) is 60.7 Å². The van der Waals surface area contributed by atoms with Crippen molar-refractivity contribution in [1.82, 2.24) is 5.43 Å². The molecular weight excluding hydrogens is 480 g/mol. The van der Waals surface area contributed by atoms with E-state index in [2.05, 4.69) is 50.7 Å². The van der Waals surface area contributed by atoms with Crippen molar-refractivity contribution in [3.05, 3.63) is 106 Å². The van der Waals surface area contributed by atoms with Gasteiger partial charge in [0.25, 0.3) is 0 Å². The van der Waals surface area contributed by atoms with Crippen LogP contribution in [0.1, 0.15) is 16.7 Å². The summed E-state index contributed by atoms with van der Waals surface area (Å²) in [6.07, 6.45) is 1.84. The maximum absolute atomic E-state index is 12.1. The van der Waals surface area contributed by atoms with Gasteiger partial charge in [-0.3, -0.25) is 4.79 Å². The van der Waals surface area contributed by atoms with Gasteiger partial charge in [0.1, 0.15) is 6.61 Å². The van der Waals surface area contributed by atoms with Crippen LogP contribution in [0.2, 0.25) is 0 Å². The van der Waals surface area contributed by atoms with Crippen LogP contribution in [0.25, 0.3) is 10.8 Å². The zero-order chi connectivity index (χ0) is 23.0. The average Bonchev–Trinajstić information content (AvgIpc) is 2.83. The molecule has 4 rings (SSSR count). The Morgan fingerprint density at radius 1 is 1.00 bits per heavy atom. The highest BCUT2D eigenvalue weighted by molar-refractivity contribution is 9.10. The Kier molecular flexibility index (Phi) is 7.37. The van der Waals surface area contributed by atoms with E-state index in [1.165, 1.54) is 5.39 Å². The molecular formula is C27H23BrN2O3. The summed E-state index contributed by atoms with van der Waals surface area (Å²) in [6.45, 7) is 0.402. The van der Waals surface area contributed by atoms with Crippen LogP contribution < -0.4 is 14.9 Å². The fraction of sp³-hybridized carbons (Fsp3) is 0.111. The lowest BCUT2D eigenvalue weighted by atomic mass is 10.1. The van der Waals surface area contributed by atoms with Gasteiger partial charge in [-0.2, -0.15) is 5.10 Å². The first kappa shape index (κ1) is 22.6. The number of hydrogen-bond donors (Lipinski definition) is 1. The molecule has 0 aliphatic carbocycles. The first-order valence-corrected chi connectivity index (χ1v) is 11.3. The highest BCUT2D eigenvalue weighted by Gasteiger charge is 2.12. The third-order valence-corrected chi connectivity index (χ3v) is 5.70. The van der Waals surface area contributed by atoms with Crippen LogP contribution in [0.5, 0.6) is 11.5 Å². The number of benzene rings is 4. The molecule has 0 saturated heterocycles. The summed E-state index contributed by atoms with van der Waals surface area (Å²) < 4.78 is 12.4. The van der Waals surface area contributed by atoms with E-state index in [0.717, 1.165) is 26.5 Å². The van der Waals surface area contributed by atoms with Gasteiger partial charge in [0, 0.05) is 0 Å². The van der Waals surface area contributed by atoms with Gasteiger partial charge in [-0.25, -0.2) is 5.43 Å². The Hall–Kier alpha value is -3.64. The van der Waals surface area contributed by atoms with Gasteiger partial charge in [-0.15, -0.1) is 0 Å². The van der Waals surface area contributed by atoms with E-state index in [0.29, 0.717) is 18.1 Å². The largest absolute Gasteiger partial charge is 0.493 e. The molecule has 4 aromatic carbocycles. The second-order valence-corrected chi connectivity index (χ2v) is 8.27. The Morgan fingerprint density at radius 3 is 2.58 bits per heavy atom. The topological polar surface area (TPSA) is 59.9 Å². The van der Waals surface area contributed by atoms with Crippen LogP contribution >= 0.6 is 15.9 Å². The zero-order valence-corrected chi connectivity index (χ0v) is 19.7. The maximum atomic E-state index is 12.1. The minimum absolute atomic E-state index is 0.182. The van der Waals surface area contributed by atoms with Crippen LogP contribution in [0.4, 0.5) is 0 Å². The molecule has 0 unspecified atom stereocenters. The highest BCUT2D eigenvalue weighted by Crippen LogP contribution is 2.37. The second-order valence-electron chi connectivity index (χ2n) is 7.42. The van der Waals surface area contributed by atoms with Crippen LogP contribution in [0.3, 0.4) is 0 Å². The number of carbonyl (C=O) groups is 1. The first-order valence-electron chi connectivity index (χ1n) is 10.5. The van der Waals surface area contributed by atoms with Crippen molar-refractivity contribution in [2.45, 2.75) is 13.0 Å². The van der Waals surface area contributed by atoms with Crippen LogP contribution in [0.15, 0.2) is 94.5 Å². The minimum atomic E-state index is -0.182. The Bertz CT molecular complexity index is 1280. The summed E-state index contributed by atoms with van der Waals surface area (Å²) in [4.78, 5) is 12.1. The van der Waals surface area contributed by atoms with Crippen molar-refractivity contribution in [1.29, 1.82) is 0 Å². The monoisotopic (exact) mass is 502 g/mol. The van der Waals surface area contributed by atoms with E-state index in [9.17, 15) is 4.79 Å². The third-order valence-electron chi connectivity index (χ3n) is 5.11. The number of nitrogens with zero attached hydrogens (tertiary/aromatic N) is 1. The lowest BCUT2D eigenvalue weighted by molar-refractivity contribution is -0.120. The summed E-state index contributed by atoms with van der Waals surface area (Å²) in [7, 11) is 1.59. The number of rotatable bonds is 8. The van der Waals surface area contributed by atoms with Gasteiger partial charge >= 0.3 is 0 Å². The van der Waals surface area contributed by atoms with Crippen LogP contribution in [-0.2, 0) is 17.8 Å². The first-order chi connectivity index (χ1) is 16.1. The molecule has 0 bridgehead atoms. The molecule has 0 saturated carbocycles. The average molecular weight is 503 g/mol. The Balaban J connectivity index is 1.44. The summed E-state index contributed by atoms with van der Waals surface area (Å²) in [5.74, 6) is 0.996. The quantitative estimate of drug-likeness (QED) is 0.241. The number of ether oxygens (including phenoxy) is 2. The van der Waals surface area contributed by atoms with Crippen molar-refractivity contribution >= 4 is 38.8 Å². The summed E-state index contributed by atoms with van der Waals surface area (Å²) in [5.41, 5.74) is 5.34. The number of nitrogens with one attached hydrogen (secondary N) is 1. The van der Waals surface area contributed by atoms with Crippen molar-refractivity contribution in [3.8, 4) is 11.5 Å². The number of methoxy groups -OCH3 is 1. The molecule has 4 aromatic rings. The predicted octanol–water partition coefficient (Wildman–Crippen LogP) is 5.88. The number of halogens is 1. The summed E-state index contributed by atoms with van der Waals surface area (Å²) >= 11 is 3.57. The molecule has 0 heterocycles. The number of carbonyl (C=O) groups excluding carboxylic acids is 1. The molecule has 166 valence electrons. The van der Waals surface area contributed by atoms with E-state index in [4.69, 9.17) is 9.47 Å². The lowest BCUT2D eigenvalue weighted by Crippen LogP contribution is -2.19. The maximum Gasteiger partial charge on any atom is 0.244 e. The SMILES string of the molecule is COc1cc(/C=N\NC(=O)Cc2ccccc2)cc(Br)c1OCc1cccc2ccccc12. The van der Waals surface area contributed by atoms with E-state index in [1.54, 1.807) is 13.3 Å². The van der Waals surface area contributed by atoms with E-state index in [-0.39, 0.29) is 12.3 Å². The molecule has 0 aromatic heterocycles. The number of hydrogen-bond acceptors (Lipinski definition) is 4. The van der Waals surface area contributed by atoms with Gasteiger partial charge in [-0.05, 0) is 55.5 Å². The lowest BCUT2D eigenvalue weighted by Gasteiger charge is -2.14. The molecule has 0 fully saturated rings. The summed E-state index contributed by atoms with van der Waals surface area (Å²) in [6, 6.07) is 27.6. The van der Waals surface area contributed by atoms with Gasteiger partial charge < -0.3 is 9.47 Å². The Labute approximate surface area is 201 Å². The molecule has 5 nitrogen and oxygen atoms in total. The van der Waals surface area contributed by atoms with E-state index < -0.39 is 0 Å². The van der Waals surface area contributed by atoms with Gasteiger partial charge in [0.15, 0.2) is 11.5 Å². The van der Waals surface area contributed by atoms with Gasteiger partial charge in [0.2, 0.25) is 5.91 Å². The van der Waals surface area contributed by atoms with E-state index >= 15 is 0 Å². The zero-order valence-electron chi connectivity index (χ0n) is 18.1. The molecule has 6 heteroatoms. The molecule has 0 aliphatic heterocycles. The van der Waals surface area contributed by atoms with Crippen LogP contribution in [0, 0.1) is 0 Å². The standard InChI is InChI=1S/C27H23BrN2O3/c1-32-25-15-20(17-29-30-26(31)16-19-8-3-2-4-9-19)14-24(28)27(25)33-18-22-12-7-11-21-10-5-6-13-23(21)22/h2-15,17H,16,18H2,1H3,(H,30,31)/b29-17-. The number of amides is 1. The molecule has 1 N–H and O–H groups in total. The number of hydrazone groups is 1. The number of fused-ring (bicyclic) bond motifs is 1. The van der Waals surface area contributed by atoms with Crippen molar-refractivity contribution < 1.29 is 14.3 Å².